The lowest BCUT2D eigenvalue weighted by atomic mass is 9.98. The summed E-state index contributed by atoms with van der Waals surface area (Å²) < 4.78 is 0. The highest BCUT2D eigenvalue weighted by molar-refractivity contribution is 5.97. The fourth-order valence-corrected chi connectivity index (χ4v) is 3.22. The maximum atomic E-state index is 12.5. The molecule has 0 aliphatic rings. The van der Waals surface area contributed by atoms with Crippen LogP contribution in [-0.4, -0.2) is 25.4 Å². The topological polar surface area (TPSA) is 74.8 Å². The van der Waals surface area contributed by atoms with Gasteiger partial charge in [0.2, 0.25) is 0 Å². The zero-order chi connectivity index (χ0) is 20.6. The van der Waals surface area contributed by atoms with E-state index in [0.29, 0.717) is 11.3 Å². The predicted molar refractivity (Wildman–Crippen MR) is 115 cm³/mol. The molecular formula is C24H26N3O2+. The van der Waals surface area contributed by atoms with E-state index in [0.717, 1.165) is 11.1 Å². The molecule has 2 amide bonds. The molecule has 0 fully saturated rings. The summed E-state index contributed by atoms with van der Waals surface area (Å²) in [5.41, 5.74) is 4.61. The number of aryl methyl sites for hydroxylation is 1. The second kappa shape index (κ2) is 9.66. The van der Waals surface area contributed by atoms with Gasteiger partial charge in [0.05, 0.1) is 0 Å². The average molecular weight is 388 g/mol. The van der Waals surface area contributed by atoms with Gasteiger partial charge < -0.3 is 16.0 Å². The SMILES string of the molecule is CNC(=O)c1cccc(NC(=O)C[NH2+][C@H](c2ccccc2)c2ccc(C)cc2)c1. The molecule has 0 aliphatic carbocycles. The third kappa shape index (κ3) is 5.53. The lowest BCUT2D eigenvalue weighted by molar-refractivity contribution is -0.676. The quantitative estimate of drug-likeness (QED) is 0.582. The molecule has 0 radical (unpaired) electrons. The normalized spacial score (nSPS) is 11.5. The number of hydrogen-bond acceptors (Lipinski definition) is 2. The summed E-state index contributed by atoms with van der Waals surface area (Å²) in [7, 11) is 1.58. The number of anilines is 1. The van der Waals surface area contributed by atoms with Crippen molar-refractivity contribution >= 4 is 17.5 Å². The van der Waals surface area contributed by atoms with Crippen LogP contribution in [0.4, 0.5) is 5.69 Å². The Balaban J connectivity index is 1.70. The van der Waals surface area contributed by atoms with Crippen LogP contribution in [0, 0.1) is 6.92 Å². The number of hydrogen-bond donors (Lipinski definition) is 3. The fourth-order valence-electron chi connectivity index (χ4n) is 3.22. The first-order chi connectivity index (χ1) is 14.1. The van der Waals surface area contributed by atoms with Crippen molar-refractivity contribution in [1.29, 1.82) is 0 Å². The molecule has 3 aromatic rings. The smallest absolute Gasteiger partial charge is 0.279 e. The molecule has 0 spiro atoms. The molecule has 3 rings (SSSR count). The van der Waals surface area contributed by atoms with Gasteiger partial charge in [0, 0.05) is 29.4 Å². The summed E-state index contributed by atoms with van der Waals surface area (Å²) in [6.45, 7) is 2.32. The van der Waals surface area contributed by atoms with E-state index in [-0.39, 0.29) is 24.4 Å². The number of nitrogens with one attached hydrogen (secondary N) is 2. The zero-order valence-corrected chi connectivity index (χ0v) is 16.7. The van der Waals surface area contributed by atoms with Crippen molar-refractivity contribution in [3.05, 3.63) is 101 Å². The second-order valence-electron chi connectivity index (χ2n) is 6.95. The Morgan fingerprint density at radius 1 is 0.897 bits per heavy atom. The Kier molecular flexibility index (Phi) is 6.76. The van der Waals surface area contributed by atoms with Gasteiger partial charge in [0.1, 0.15) is 6.04 Å². The number of nitrogens with two attached hydrogens (primary N) is 1. The van der Waals surface area contributed by atoms with Gasteiger partial charge >= 0.3 is 0 Å². The monoisotopic (exact) mass is 388 g/mol. The van der Waals surface area contributed by atoms with Gasteiger partial charge in [-0.05, 0) is 25.1 Å². The molecule has 0 saturated heterocycles. The number of carbonyl (C=O) groups excluding carboxylic acids is 2. The van der Waals surface area contributed by atoms with Crippen molar-refractivity contribution in [2.75, 3.05) is 18.9 Å². The second-order valence-corrected chi connectivity index (χ2v) is 6.95. The highest BCUT2D eigenvalue weighted by Crippen LogP contribution is 2.18. The average Bonchev–Trinajstić information content (AvgIpc) is 2.75. The first-order valence-electron chi connectivity index (χ1n) is 9.63. The lowest BCUT2D eigenvalue weighted by Crippen LogP contribution is -2.87. The minimum Gasteiger partial charge on any atom is -0.355 e. The van der Waals surface area contributed by atoms with E-state index in [1.807, 2.05) is 23.5 Å². The molecule has 0 heterocycles. The Labute approximate surface area is 171 Å². The molecule has 3 aromatic carbocycles. The highest BCUT2D eigenvalue weighted by atomic mass is 16.2. The van der Waals surface area contributed by atoms with Gasteiger partial charge in [-0.25, -0.2) is 0 Å². The van der Waals surface area contributed by atoms with Crippen LogP contribution in [0.5, 0.6) is 0 Å². The van der Waals surface area contributed by atoms with Gasteiger partial charge in [-0.3, -0.25) is 9.59 Å². The van der Waals surface area contributed by atoms with Gasteiger partial charge in [0.25, 0.3) is 11.8 Å². The molecule has 5 nitrogen and oxygen atoms in total. The summed E-state index contributed by atoms with van der Waals surface area (Å²) in [4.78, 5) is 24.3. The van der Waals surface area contributed by atoms with Crippen LogP contribution in [-0.2, 0) is 4.79 Å². The van der Waals surface area contributed by atoms with Crippen molar-refractivity contribution in [1.82, 2.24) is 5.32 Å². The largest absolute Gasteiger partial charge is 0.355 e. The Morgan fingerprint density at radius 2 is 1.59 bits per heavy atom. The third-order valence-electron chi connectivity index (χ3n) is 4.77. The van der Waals surface area contributed by atoms with Crippen molar-refractivity contribution in [2.45, 2.75) is 13.0 Å². The standard InChI is InChI=1S/C24H25N3O2/c1-17-11-13-19(14-12-17)23(18-7-4-3-5-8-18)26-16-22(28)27-21-10-6-9-20(15-21)24(29)25-2/h3-15,23,26H,16H2,1-2H3,(H,25,29)(H,27,28)/p+1/t23-/m1/s1. The van der Waals surface area contributed by atoms with Crippen molar-refractivity contribution < 1.29 is 14.9 Å². The van der Waals surface area contributed by atoms with Crippen molar-refractivity contribution in [2.24, 2.45) is 0 Å². The molecular weight excluding hydrogens is 362 g/mol. The molecule has 0 unspecified atom stereocenters. The van der Waals surface area contributed by atoms with E-state index >= 15 is 0 Å². The fraction of sp³-hybridized carbons (Fsp3) is 0.167. The van der Waals surface area contributed by atoms with Gasteiger partial charge in [-0.1, -0.05) is 66.2 Å². The number of benzene rings is 3. The van der Waals surface area contributed by atoms with Crippen LogP contribution >= 0.6 is 0 Å². The predicted octanol–water partition coefficient (Wildman–Crippen LogP) is 2.65. The molecule has 5 heteroatoms. The molecule has 0 aromatic heterocycles. The maximum absolute atomic E-state index is 12.5. The first-order valence-corrected chi connectivity index (χ1v) is 9.63. The van der Waals surface area contributed by atoms with E-state index in [2.05, 4.69) is 54.0 Å². The minimum atomic E-state index is -0.184. The van der Waals surface area contributed by atoms with E-state index in [9.17, 15) is 9.59 Å². The number of quaternary nitrogens is 1. The molecule has 148 valence electrons. The molecule has 0 aliphatic heterocycles. The Hall–Kier alpha value is -3.44. The first kappa shape index (κ1) is 20.3. The van der Waals surface area contributed by atoms with Gasteiger partial charge in [0.15, 0.2) is 6.54 Å². The number of rotatable bonds is 7. The number of amides is 2. The van der Waals surface area contributed by atoms with Crippen molar-refractivity contribution in [3.8, 4) is 0 Å². The zero-order valence-electron chi connectivity index (χ0n) is 16.7. The maximum Gasteiger partial charge on any atom is 0.279 e. The van der Waals surface area contributed by atoms with E-state index < -0.39 is 0 Å². The lowest BCUT2D eigenvalue weighted by Gasteiger charge is -2.17. The van der Waals surface area contributed by atoms with Crippen molar-refractivity contribution in [3.63, 3.8) is 0 Å². The Bertz CT molecular complexity index is 969. The van der Waals surface area contributed by atoms with Crippen LogP contribution in [0.15, 0.2) is 78.9 Å². The van der Waals surface area contributed by atoms with E-state index in [1.165, 1.54) is 5.56 Å². The van der Waals surface area contributed by atoms with Crippen LogP contribution in [0.2, 0.25) is 0 Å². The summed E-state index contributed by atoms with van der Waals surface area (Å²) in [6, 6.07) is 25.5. The third-order valence-corrected chi connectivity index (χ3v) is 4.77. The summed E-state index contributed by atoms with van der Waals surface area (Å²) in [6.07, 6.45) is 0. The van der Waals surface area contributed by atoms with Crippen LogP contribution in [0.3, 0.4) is 0 Å². The van der Waals surface area contributed by atoms with Crippen LogP contribution in [0.1, 0.15) is 33.1 Å². The summed E-state index contributed by atoms with van der Waals surface area (Å²) >= 11 is 0. The molecule has 0 saturated carbocycles. The molecule has 0 bridgehead atoms. The Morgan fingerprint density at radius 3 is 2.28 bits per heavy atom. The van der Waals surface area contributed by atoms with Crippen LogP contribution < -0.4 is 16.0 Å². The summed E-state index contributed by atoms with van der Waals surface area (Å²) in [5, 5.41) is 7.49. The summed E-state index contributed by atoms with van der Waals surface area (Å²) in [5.74, 6) is -0.303. The molecule has 1 atom stereocenters. The van der Waals surface area contributed by atoms with Gasteiger partial charge in [-0.15, -0.1) is 0 Å². The molecule has 4 N–H and O–H groups in total. The van der Waals surface area contributed by atoms with E-state index in [1.54, 1.807) is 31.3 Å². The highest BCUT2D eigenvalue weighted by Gasteiger charge is 2.19. The van der Waals surface area contributed by atoms with Crippen LogP contribution in [0.25, 0.3) is 0 Å². The minimum absolute atomic E-state index is 0.0275. The van der Waals surface area contributed by atoms with Gasteiger partial charge in [-0.2, -0.15) is 0 Å². The van der Waals surface area contributed by atoms with E-state index in [4.69, 9.17) is 0 Å². The number of carbonyl (C=O) groups is 2. The molecule has 29 heavy (non-hydrogen) atoms.